The van der Waals surface area contributed by atoms with Crippen molar-refractivity contribution >= 4 is 34.7 Å². The Bertz CT molecular complexity index is 353. The van der Waals surface area contributed by atoms with E-state index in [1.165, 1.54) is 5.38 Å². The lowest BCUT2D eigenvalue weighted by molar-refractivity contribution is 0.0635. The zero-order chi connectivity index (χ0) is 11.6. The van der Waals surface area contributed by atoms with Gasteiger partial charge in [-0.3, -0.25) is 5.32 Å². The SMILES string of the molecule is CC(C)(C)OC(=O)Nc1c(F)csc1Cl. The van der Waals surface area contributed by atoms with Gasteiger partial charge in [0.25, 0.3) is 0 Å². The molecular weight excluding hydrogens is 241 g/mol. The summed E-state index contributed by atoms with van der Waals surface area (Å²) in [6, 6.07) is 0. The largest absolute Gasteiger partial charge is 0.444 e. The minimum Gasteiger partial charge on any atom is -0.444 e. The number of halogens is 2. The third kappa shape index (κ3) is 3.68. The minimum atomic E-state index is -0.721. The van der Waals surface area contributed by atoms with Crippen LogP contribution >= 0.6 is 22.9 Å². The lowest BCUT2D eigenvalue weighted by Gasteiger charge is -2.19. The van der Waals surface area contributed by atoms with E-state index >= 15 is 0 Å². The second-order valence-electron chi connectivity index (χ2n) is 3.86. The molecule has 1 rings (SSSR count). The van der Waals surface area contributed by atoms with E-state index in [9.17, 15) is 9.18 Å². The first-order valence-electron chi connectivity index (χ1n) is 4.22. The first-order valence-corrected chi connectivity index (χ1v) is 5.48. The molecule has 6 heteroatoms. The maximum absolute atomic E-state index is 13.1. The number of ether oxygens (including phenoxy) is 1. The summed E-state index contributed by atoms with van der Waals surface area (Å²) in [5.41, 5.74) is -0.654. The molecule has 0 radical (unpaired) electrons. The van der Waals surface area contributed by atoms with Crippen molar-refractivity contribution in [2.45, 2.75) is 26.4 Å². The predicted octanol–water partition coefficient (Wildman–Crippen LogP) is 3.89. The fraction of sp³-hybridized carbons (Fsp3) is 0.444. The predicted molar refractivity (Wildman–Crippen MR) is 59.1 cm³/mol. The van der Waals surface area contributed by atoms with Gasteiger partial charge in [0.1, 0.15) is 15.6 Å². The average molecular weight is 252 g/mol. The average Bonchev–Trinajstić information content (AvgIpc) is 2.32. The monoisotopic (exact) mass is 251 g/mol. The molecule has 0 fully saturated rings. The van der Waals surface area contributed by atoms with Gasteiger partial charge in [-0.1, -0.05) is 11.6 Å². The number of thiophene rings is 1. The van der Waals surface area contributed by atoms with Gasteiger partial charge >= 0.3 is 6.09 Å². The van der Waals surface area contributed by atoms with Crippen molar-refractivity contribution in [1.82, 2.24) is 0 Å². The third-order valence-electron chi connectivity index (χ3n) is 1.33. The van der Waals surface area contributed by atoms with Crippen LogP contribution in [0.4, 0.5) is 14.9 Å². The molecule has 0 aliphatic carbocycles. The number of carbonyl (C=O) groups is 1. The Morgan fingerprint density at radius 3 is 2.60 bits per heavy atom. The molecule has 3 nitrogen and oxygen atoms in total. The Kier molecular flexibility index (Phi) is 3.57. The van der Waals surface area contributed by atoms with Crippen molar-refractivity contribution in [2.24, 2.45) is 0 Å². The summed E-state index contributed by atoms with van der Waals surface area (Å²) in [5, 5.41) is 3.47. The maximum Gasteiger partial charge on any atom is 0.412 e. The number of hydrogen-bond acceptors (Lipinski definition) is 3. The lowest BCUT2D eigenvalue weighted by atomic mass is 10.2. The molecule has 0 saturated carbocycles. The van der Waals surface area contributed by atoms with E-state index in [-0.39, 0.29) is 10.0 Å². The number of anilines is 1. The molecule has 0 atom stereocenters. The molecule has 1 heterocycles. The topological polar surface area (TPSA) is 38.3 Å². The van der Waals surface area contributed by atoms with Crippen LogP contribution in [0, 0.1) is 5.82 Å². The minimum absolute atomic E-state index is 0.0316. The first kappa shape index (κ1) is 12.3. The van der Waals surface area contributed by atoms with E-state index in [2.05, 4.69) is 5.32 Å². The van der Waals surface area contributed by atoms with Crippen LogP contribution in [-0.4, -0.2) is 11.7 Å². The van der Waals surface area contributed by atoms with Gasteiger partial charge in [-0.25, -0.2) is 9.18 Å². The Labute approximate surface area is 96.2 Å². The van der Waals surface area contributed by atoms with Gasteiger partial charge in [0, 0.05) is 5.38 Å². The maximum atomic E-state index is 13.1. The highest BCUT2D eigenvalue weighted by Gasteiger charge is 2.19. The molecule has 0 unspecified atom stereocenters. The molecule has 0 aliphatic rings. The van der Waals surface area contributed by atoms with Crippen molar-refractivity contribution in [2.75, 3.05) is 5.32 Å². The number of amides is 1. The summed E-state index contributed by atoms with van der Waals surface area (Å²) in [4.78, 5) is 11.3. The summed E-state index contributed by atoms with van der Waals surface area (Å²) >= 11 is 6.68. The zero-order valence-electron chi connectivity index (χ0n) is 8.56. The van der Waals surface area contributed by atoms with E-state index in [4.69, 9.17) is 16.3 Å². The summed E-state index contributed by atoms with van der Waals surface area (Å²) in [6.45, 7) is 5.16. The molecule has 0 spiro atoms. The van der Waals surface area contributed by atoms with Crippen LogP contribution in [0.1, 0.15) is 20.8 Å². The van der Waals surface area contributed by atoms with Gasteiger partial charge < -0.3 is 4.74 Å². The van der Waals surface area contributed by atoms with Crippen LogP contribution in [0.25, 0.3) is 0 Å². The molecule has 15 heavy (non-hydrogen) atoms. The first-order chi connectivity index (χ1) is 6.79. The van der Waals surface area contributed by atoms with Gasteiger partial charge in [0.2, 0.25) is 0 Å². The fourth-order valence-corrected chi connectivity index (χ4v) is 1.69. The molecule has 1 N–H and O–H groups in total. The van der Waals surface area contributed by atoms with Gasteiger partial charge in [0.15, 0.2) is 5.82 Å². The third-order valence-corrected chi connectivity index (χ3v) is 2.52. The van der Waals surface area contributed by atoms with E-state index < -0.39 is 17.5 Å². The molecular formula is C9H11ClFNO2S. The van der Waals surface area contributed by atoms with Gasteiger partial charge in [-0.15, -0.1) is 11.3 Å². The summed E-state index contributed by atoms with van der Waals surface area (Å²) in [6.07, 6.45) is -0.721. The highest BCUT2D eigenvalue weighted by molar-refractivity contribution is 7.15. The number of nitrogens with one attached hydrogen (secondary N) is 1. The number of rotatable bonds is 1. The molecule has 0 bridgehead atoms. The molecule has 1 aromatic heterocycles. The highest BCUT2D eigenvalue weighted by Crippen LogP contribution is 2.31. The molecule has 1 amide bonds. The zero-order valence-corrected chi connectivity index (χ0v) is 10.1. The second-order valence-corrected chi connectivity index (χ2v) is 5.34. The standard InChI is InChI=1S/C9H11ClFNO2S/c1-9(2,3)14-8(13)12-6-5(11)4-15-7(6)10/h4H,1-3H3,(H,12,13). The van der Waals surface area contributed by atoms with Crippen LogP contribution < -0.4 is 5.32 Å². The second kappa shape index (κ2) is 4.37. The Morgan fingerprint density at radius 1 is 1.60 bits per heavy atom. The normalized spacial score (nSPS) is 11.3. The number of carbonyl (C=O) groups excluding carboxylic acids is 1. The molecule has 1 aromatic rings. The Balaban J connectivity index is 2.67. The van der Waals surface area contributed by atoms with Crippen LogP contribution in [0.3, 0.4) is 0 Å². The molecule has 0 aromatic carbocycles. The van der Waals surface area contributed by atoms with Gasteiger partial charge in [-0.05, 0) is 20.8 Å². The van der Waals surface area contributed by atoms with E-state index in [1.54, 1.807) is 20.8 Å². The van der Waals surface area contributed by atoms with Gasteiger partial charge in [-0.2, -0.15) is 0 Å². The molecule has 0 aliphatic heterocycles. The van der Waals surface area contributed by atoms with Crippen molar-refractivity contribution < 1.29 is 13.9 Å². The summed E-state index contributed by atoms with van der Waals surface area (Å²) in [5.74, 6) is -0.559. The van der Waals surface area contributed by atoms with Crippen LogP contribution in [-0.2, 0) is 4.74 Å². The van der Waals surface area contributed by atoms with Crippen molar-refractivity contribution in [3.63, 3.8) is 0 Å². The van der Waals surface area contributed by atoms with E-state index in [0.29, 0.717) is 0 Å². The Hall–Kier alpha value is -0.810. The Morgan fingerprint density at radius 2 is 2.20 bits per heavy atom. The quantitative estimate of drug-likeness (QED) is 0.822. The van der Waals surface area contributed by atoms with Crippen LogP contribution in [0.5, 0.6) is 0 Å². The highest BCUT2D eigenvalue weighted by atomic mass is 35.5. The fourth-order valence-electron chi connectivity index (χ4n) is 0.830. The van der Waals surface area contributed by atoms with Crippen molar-refractivity contribution in [1.29, 1.82) is 0 Å². The van der Waals surface area contributed by atoms with Crippen LogP contribution in [0.2, 0.25) is 4.34 Å². The summed E-state index contributed by atoms with van der Waals surface area (Å²) in [7, 11) is 0. The van der Waals surface area contributed by atoms with Crippen LogP contribution in [0.15, 0.2) is 5.38 Å². The molecule has 0 saturated heterocycles. The molecule has 84 valence electrons. The summed E-state index contributed by atoms with van der Waals surface area (Å²) < 4.78 is 18.2. The smallest absolute Gasteiger partial charge is 0.412 e. The lowest BCUT2D eigenvalue weighted by Crippen LogP contribution is -2.27. The van der Waals surface area contributed by atoms with Gasteiger partial charge in [0.05, 0.1) is 0 Å². The van der Waals surface area contributed by atoms with E-state index in [0.717, 1.165) is 11.3 Å². The van der Waals surface area contributed by atoms with E-state index in [1.807, 2.05) is 0 Å². The van der Waals surface area contributed by atoms with Crippen molar-refractivity contribution in [3.05, 3.63) is 15.5 Å². The van der Waals surface area contributed by atoms with Crippen molar-refractivity contribution in [3.8, 4) is 0 Å². The number of hydrogen-bond donors (Lipinski definition) is 1.